The van der Waals surface area contributed by atoms with E-state index in [1.54, 1.807) is 14.2 Å². The lowest BCUT2D eigenvalue weighted by atomic mass is 10.5. The third-order valence-corrected chi connectivity index (χ3v) is 21.3. The third-order valence-electron chi connectivity index (χ3n) is 6.70. The van der Waals surface area contributed by atoms with Gasteiger partial charge in [0.1, 0.15) is 26.4 Å². The molecule has 2 unspecified atom stereocenters. The van der Waals surface area contributed by atoms with Gasteiger partial charge in [-0.3, -0.25) is 0 Å². The van der Waals surface area contributed by atoms with Gasteiger partial charge in [0, 0.05) is 26.2 Å². The smallest absolute Gasteiger partial charge is 0.373 e. The van der Waals surface area contributed by atoms with Crippen molar-refractivity contribution in [2.75, 3.05) is 39.6 Å². The van der Waals surface area contributed by atoms with Crippen LogP contribution in [0.15, 0.2) is 0 Å². The predicted octanol–water partition coefficient (Wildman–Crippen LogP) is 10.5. The topological polar surface area (TPSA) is 148 Å². The molecule has 0 saturated carbocycles. The van der Waals surface area contributed by atoms with Crippen LogP contribution in [0.1, 0.15) is 0 Å². The van der Waals surface area contributed by atoms with Crippen molar-refractivity contribution in [3.63, 3.8) is 0 Å². The summed E-state index contributed by atoms with van der Waals surface area (Å²) in [5, 5.41) is 0. The van der Waals surface area contributed by atoms with Gasteiger partial charge in [-0.25, -0.2) is 33.2 Å². The van der Waals surface area contributed by atoms with E-state index in [4.69, 9.17) is 20.9 Å². The fourth-order valence-electron chi connectivity index (χ4n) is 4.43. The lowest BCUT2D eigenvalue weighted by Crippen LogP contribution is -2.71. The first-order chi connectivity index (χ1) is 32.9. The Morgan fingerprint density at radius 3 is 0.671 bits per heavy atom. The molecule has 0 N–H and O–H groups in total. The number of rotatable bonds is 28. The van der Waals surface area contributed by atoms with Crippen LogP contribution in [0.3, 0.4) is 0 Å². The van der Waals surface area contributed by atoms with Crippen molar-refractivity contribution in [1.82, 2.24) is 0 Å². The minimum absolute atomic E-state index is 0.0692. The molecule has 0 aromatic rings. The second-order valence-electron chi connectivity index (χ2n) is 13.8. The fourth-order valence-corrected chi connectivity index (χ4v) is 21.0. The van der Waals surface area contributed by atoms with Gasteiger partial charge in [0.25, 0.3) is 0 Å². The van der Waals surface area contributed by atoms with Gasteiger partial charge in [-0.1, -0.05) is 0 Å². The average molecular weight is 1290 g/mol. The molecule has 0 aliphatic carbocycles. The second kappa shape index (κ2) is 23.1. The Kier molecular flexibility index (Phi) is 21.9. The van der Waals surface area contributed by atoms with Gasteiger partial charge < -0.3 is 38.9 Å². The summed E-state index contributed by atoms with van der Waals surface area (Å²) in [6.07, 6.45) is -93.5. The number of hydrogen-bond donors (Lipinski definition) is 0. The van der Waals surface area contributed by atoms with Crippen molar-refractivity contribution < 1.29 is 213 Å². The van der Waals surface area contributed by atoms with E-state index in [1.807, 2.05) is 0 Å². The maximum absolute atomic E-state index is 14.7. The predicted molar refractivity (Wildman–Crippen MR) is 167 cm³/mol. The third kappa shape index (κ3) is 24.4. The second-order valence-corrected chi connectivity index (χ2v) is 25.1. The van der Waals surface area contributed by atoms with Gasteiger partial charge >= 0.3 is 122 Å². The molecular weight excluding hydrogens is 1260 g/mol. The van der Waals surface area contributed by atoms with Crippen LogP contribution in [0.5, 0.6) is 0 Å². The van der Waals surface area contributed by atoms with Crippen LogP contribution < -0.4 is 0 Å². The van der Waals surface area contributed by atoms with Crippen molar-refractivity contribution in [2.24, 2.45) is 0 Å². The zero-order valence-electron chi connectivity index (χ0n) is 35.9. The summed E-state index contributed by atoms with van der Waals surface area (Å²) < 4.78 is 484. The first kappa shape index (κ1) is 72.0. The summed E-state index contributed by atoms with van der Waals surface area (Å²) in [5.41, 5.74) is 0. The number of hydrogen-bond acceptors (Lipinski definition) is 16. The molecule has 0 aromatic carbocycles. The Labute approximate surface area is 400 Å². The highest BCUT2D eigenvalue weighted by molar-refractivity contribution is 6.88. The summed E-state index contributed by atoms with van der Waals surface area (Å²) in [5.74, 6) is 0. The highest BCUT2D eigenvalue weighted by atomic mass is 28.6. The van der Waals surface area contributed by atoms with E-state index in [9.17, 15) is 140 Å². The monoisotopic (exact) mass is 1290 g/mol. The van der Waals surface area contributed by atoms with Gasteiger partial charge in [0.05, 0.1) is 13.2 Å². The summed E-state index contributed by atoms with van der Waals surface area (Å²) in [6.45, 7) is -15.8. The Bertz CT molecular complexity index is 1800. The first-order valence-electron chi connectivity index (χ1n) is 17.8. The molecule has 456 valence electrons. The molecule has 1 heterocycles. The molecule has 1 saturated heterocycles. The van der Waals surface area contributed by atoms with Crippen LogP contribution in [-0.4, -0.2) is 161 Å². The van der Waals surface area contributed by atoms with Crippen LogP contribution in [-0.2, 0) is 72.1 Å². The van der Waals surface area contributed by atoms with Crippen molar-refractivity contribution in [2.45, 2.75) is 113 Å². The van der Waals surface area contributed by atoms with E-state index in [0.29, 0.717) is 0 Å². The fraction of sp³-hybridized carbons (Fsp3) is 1.00. The van der Waals surface area contributed by atoms with Gasteiger partial charge in [-0.2, -0.15) is 87.8 Å². The molecule has 1 fully saturated rings. The quantitative estimate of drug-likeness (QED) is 0.0415. The Hall–Kier alpha value is -2.01. The Morgan fingerprint density at radius 2 is 0.447 bits per heavy atom. The lowest BCUT2D eigenvalue weighted by molar-refractivity contribution is -0.530. The van der Waals surface area contributed by atoms with Crippen LogP contribution in [0.4, 0.5) is 140 Å². The van der Waals surface area contributed by atoms with Crippen molar-refractivity contribution in [3.05, 3.63) is 0 Å². The van der Waals surface area contributed by atoms with Gasteiger partial charge in [0.15, 0.2) is 0 Å². The molecule has 0 spiro atoms. The normalized spacial score (nSPS) is 24.5. The Balaban J connectivity index is 4.01. The molecule has 1 aliphatic rings. The molecule has 52 heteroatoms. The average Bonchev–Trinajstić information content (AvgIpc) is 3.06. The summed E-state index contributed by atoms with van der Waals surface area (Å²) in [6, 6.07) is 0. The first-order valence-corrected chi connectivity index (χ1v) is 26.6. The largest absolute Gasteiger partial charge is 0.527 e. The standard InChI is InChI=1S/C24H24F32O16Si4/c1-73(58-6-5-57-7-11(25,26)65-21(45,46)47)69-74(2,59-8-12(27,28)62-15(33,34)18(39,40)66-22(48,49)50)71-76(4,61-10-14(31,32)64-17(37,38)20(43,44)68-24(54,55)56)72-75(3,70-73)60-9-13(29,30)63-16(35,36)19(41,42)67-23(51,52)53/h5-10H2,1-4H3. The maximum atomic E-state index is 14.7. The molecule has 1 rings (SSSR count). The number of alkyl halides is 32. The van der Waals surface area contributed by atoms with E-state index in [-0.39, 0.29) is 26.2 Å². The maximum Gasteiger partial charge on any atom is 0.527 e. The SMILES string of the molecule is C[Si]1(OCCOCC(F)(F)OC(F)(F)F)O[Si](C)(OCC(F)(F)OC(F)(F)C(F)(F)OC(F)(F)F)O[Si](C)(OCC(F)(F)OC(F)(F)C(F)(F)OC(F)(F)F)O[Si](C)(OCC(F)(F)OC(F)(F)C(F)(F)OC(F)(F)F)O1. The summed E-state index contributed by atoms with van der Waals surface area (Å²) in [7, 11) is -25.2. The van der Waals surface area contributed by atoms with Crippen LogP contribution in [0, 0.1) is 0 Å². The van der Waals surface area contributed by atoms with E-state index < -0.39 is 161 Å². The van der Waals surface area contributed by atoms with Gasteiger partial charge in [0.2, 0.25) is 0 Å². The molecule has 0 aromatic heterocycles. The van der Waals surface area contributed by atoms with E-state index >= 15 is 0 Å². The molecule has 1 aliphatic heterocycles. The minimum atomic E-state index is -7.19. The summed E-state index contributed by atoms with van der Waals surface area (Å²) >= 11 is 0. The molecule has 2 atom stereocenters. The molecule has 0 amide bonds. The highest BCUT2D eigenvalue weighted by Gasteiger charge is 2.72. The van der Waals surface area contributed by atoms with Crippen LogP contribution >= 0.6 is 0 Å². The van der Waals surface area contributed by atoms with Crippen molar-refractivity contribution >= 4 is 35.2 Å². The molecular formula is C24H24F32O16Si4. The Morgan fingerprint density at radius 1 is 0.250 bits per heavy atom. The molecule has 16 nitrogen and oxygen atoms in total. The zero-order valence-corrected chi connectivity index (χ0v) is 39.9. The lowest BCUT2D eigenvalue weighted by Gasteiger charge is -2.47. The van der Waals surface area contributed by atoms with Gasteiger partial charge in [-0.05, 0) is 0 Å². The van der Waals surface area contributed by atoms with E-state index in [1.165, 1.54) is 0 Å². The number of halogens is 32. The molecule has 0 radical (unpaired) electrons. The van der Waals surface area contributed by atoms with Crippen molar-refractivity contribution in [1.29, 1.82) is 0 Å². The van der Waals surface area contributed by atoms with Crippen LogP contribution in [0.2, 0.25) is 26.2 Å². The molecule has 0 bridgehead atoms. The van der Waals surface area contributed by atoms with E-state index in [0.717, 1.165) is 0 Å². The van der Waals surface area contributed by atoms with Crippen LogP contribution in [0.25, 0.3) is 0 Å². The number of ether oxygens (including phenoxy) is 8. The van der Waals surface area contributed by atoms with Gasteiger partial charge in [-0.15, -0.1) is 52.7 Å². The zero-order chi connectivity index (χ0) is 60.6. The highest BCUT2D eigenvalue weighted by Crippen LogP contribution is 2.48. The minimum Gasteiger partial charge on any atom is -0.373 e. The molecule has 76 heavy (non-hydrogen) atoms. The summed E-state index contributed by atoms with van der Waals surface area (Å²) in [4.78, 5) is 0. The van der Waals surface area contributed by atoms with E-state index in [2.05, 4.69) is 37.0 Å². The van der Waals surface area contributed by atoms with Crippen molar-refractivity contribution in [3.8, 4) is 0 Å².